The molecule has 1 aromatic rings. The van der Waals surface area contributed by atoms with E-state index in [1.165, 1.54) is 0 Å². The second kappa shape index (κ2) is 5.03. The van der Waals surface area contributed by atoms with Crippen LogP contribution in [0, 0.1) is 0 Å². The highest BCUT2D eigenvalue weighted by atomic mass is 35.5. The van der Waals surface area contributed by atoms with Gasteiger partial charge in [-0.1, -0.05) is 23.2 Å². The zero-order chi connectivity index (χ0) is 12.5. The number of nitrogens with zero attached hydrogens (tertiary/aromatic N) is 1. The van der Waals surface area contributed by atoms with E-state index in [1.807, 2.05) is 6.07 Å². The van der Waals surface area contributed by atoms with Crippen LogP contribution in [0.3, 0.4) is 0 Å². The summed E-state index contributed by atoms with van der Waals surface area (Å²) in [5.74, 6) is 1.38. The normalized spacial score (nSPS) is 23.0. The molecule has 1 N–H and O–H groups in total. The highest BCUT2D eigenvalue weighted by molar-refractivity contribution is 6.33. The van der Waals surface area contributed by atoms with Crippen molar-refractivity contribution in [2.45, 2.75) is 5.56 Å². The molecule has 0 aliphatic carbocycles. The van der Waals surface area contributed by atoms with Crippen LogP contribution in [0.2, 0.25) is 5.02 Å². The minimum atomic E-state index is -0.436. The van der Waals surface area contributed by atoms with Crippen LogP contribution in [0.25, 0.3) is 0 Å². The van der Waals surface area contributed by atoms with E-state index in [0.717, 1.165) is 31.9 Å². The molecule has 0 aromatic heterocycles. The first-order valence-electron chi connectivity index (χ1n) is 5.97. The Balaban J connectivity index is 1.99. The molecule has 1 aromatic carbocycles. The first-order chi connectivity index (χ1) is 8.75. The number of hydrogen-bond donors (Lipinski definition) is 1. The average Bonchev–Trinajstić information content (AvgIpc) is 2.40. The van der Waals surface area contributed by atoms with Gasteiger partial charge in [0.2, 0.25) is 5.56 Å². The maximum Gasteiger partial charge on any atom is 0.206 e. The molecule has 0 amide bonds. The molecule has 18 heavy (non-hydrogen) atoms. The summed E-state index contributed by atoms with van der Waals surface area (Å²) in [5.41, 5.74) is 0.480. The molecule has 2 aliphatic heterocycles. The third-order valence-electron chi connectivity index (χ3n) is 3.09. The summed E-state index contributed by atoms with van der Waals surface area (Å²) in [6, 6.07) is 3.63. The molecule has 0 bridgehead atoms. The second-order valence-electron chi connectivity index (χ2n) is 4.30. The molecule has 0 saturated carbocycles. The monoisotopic (exact) mass is 288 g/mol. The van der Waals surface area contributed by atoms with Crippen LogP contribution in [0.1, 0.15) is 0 Å². The molecule has 1 saturated heterocycles. The Hall–Kier alpha value is -0.840. The van der Waals surface area contributed by atoms with Crippen molar-refractivity contribution < 1.29 is 9.47 Å². The lowest BCUT2D eigenvalue weighted by Gasteiger charge is -2.33. The van der Waals surface area contributed by atoms with Crippen LogP contribution in [0.5, 0.6) is 11.5 Å². The standard InChI is InChI=1S/C12H14Cl2N2O2/c13-8-1-2-9-12(17-7-10(14)18-9)11(8)16-5-3-15-4-6-16/h1-2,10,15H,3-7H2. The van der Waals surface area contributed by atoms with E-state index >= 15 is 0 Å². The number of anilines is 1. The summed E-state index contributed by atoms with van der Waals surface area (Å²) in [4.78, 5) is 2.22. The van der Waals surface area contributed by atoms with Crippen molar-refractivity contribution in [3.05, 3.63) is 17.2 Å². The van der Waals surface area contributed by atoms with E-state index in [1.54, 1.807) is 6.07 Å². The summed E-state index contributed by atoms with van der Waals surface area (Å²) in [6.45, 7) is 4.04. The van der Waals surface area contributed by atoms with E-state index in [-0.39, 0.29) is 0 Å². The van der Waals surface area contributed by atoms with Gasteiger partial charge in [-0.3, -0.25) is 0 Å². The van der Waals surface area contributed by atoms with Gasteiger partial charge < -0.3 is 19.7 Å². The fraction of sp³-hybridized carbons (Fsp3) is 0.500. The number of nitrogens with one attached hydrogen (secondary N) is 1. The van der Waals surface area contributed by atoms with Crippen molar-refractivity contribution in [3.8, 4) is 11.5 Å². The Morgan fingerprint density at radius 1 is 1.28 bits per heavy atom. The first-order valence-corrected chi connectivity index (χ1v) is 6.79. The van der Waals surface area contributed by atoms with E-state index in [2.05, 4.69) is 10.2 Å². The van der Waals surface area contributed by atoms with Gasteiger partial charge in [-0.2, -0.15) is 0 Å². The van der Waals surface area contributed by atoms with Gasteiger partial charge in [-0.05, 0) is 12.1 Å². The quantitative estimate of drug-likeness (QED) is 0.803. The van der Waals surface area contributed by atoms with Crippen molar-refractivity contribution in [1.29, 1.82) is 0 Å². The molecule has 1 fully saturated rings. The Kier molecular flexibility index (Phi) is 3.41. The predicted molar refractivity (Wildman–Crippen MR) is 72.3 cm³/mol. The molecular formula is C12H14Cl2N2O2. The second-order valence-corrected chi connectivity index (χ2v) is 5.19. The number of halogens is 2. The van der Waals surface area contributed by atoms with Gasteiger partial charge >= 0.3 is 0 Å². The molecule has 0 radical (unpaired) electrons. The third-order valence-corrected chi connectivity index (χ3v) is 3.61. The first kappa shape index (κ1) is 12.2. The number of ether oxygens (including phenoxy) is 2. The molecule has 6 heteroatoms. The number of rotatable bonds is 1. The smallest absolute Gasteiger partial charge is 0.206 e. The lowest BCUT2D eigenvalue weighted by molar-refractivity contribution is 0.144. The van der Waals surface area contributed by atoms with Crippen LogP contribution in [-0.4, -0.2) is 38.3 Å². The Bertz CT molecular complexity index is 450. The van der Waals surface area contributed by atoms with Crippen molar-refractivity contribution >= 4 is 28.9 Å². The summed E-state index contributed by atoms with van der Waals surface area (Å²) < 4.78 is 11.3. The zero-order valence-electron chi connectivity index (χ0n) is 9.79. The van der Waals surface area contributed by atoms with Gasteiger partial charge in [0.25, 0.3) is 0 Å². The third kappa shape index (κ3) is 2.20. The van der Waals surface area contributed by atoms with E-state index in [4.69, 9.17) is 32.7 Å². The Morgan fingerprint density at radius 2 is 2.06 bits per heavy atom. The summed E-state index contributed by atoms with van der Waals surface area (Å²) >= 11 is 12.2. The van der Waals surface area contributed by atoms with Crippen LogP contribution >= 0.6 is 23.2 Å². The van der Waals surface area contributed by atoms with E-state index in [9.17, 15) is 0 Å². The van der Waals surface area contributed by atoms with Gasteiger partial charge in [-0.15, -0.1) is 0 Å². The number of benzene rings is 1. The molecule has 3 rings (SSSR count). The summed E-state index contributed by atoms with van der Waals surface area (Å²) in [6.07, 6.45) is 0. The van der Waals surface area contributed by atoms with Crippen molar-refractivity contribution in [2.24, 2.45) is 0 Å². The molecule has 1 unspecified atom stereocenters. The average molecular weight is 289 g/mol. The Labute approximate surface area is 116 Å². The molecule has 2 aliphatic rings. The van der Waals surface area contributed by atoms with Crippen LogP contribution in [0.15, 0.2) is 12.1 Å². The molecular weight excluding hydrogens is 275 g/mol. The highest BCUT2D eigenvalue weighted by Crippen LogP contribution is 2.45. The minimum Gasteiger partial charge on any atom is -0.482 e. The largest absolute Gasteiger partial charge is 0.482 e. The molecule has 98 valence electrons. The lowest BCUT2D eigenvalue weighted by Crippen LogP contribution is -2.44. The Morgan fingerprint density at radius 3 is 2.83 bits per heavy atom. The molecule has 2 heterocycles. The number of fused-ring (bicyclic) bond motifs is 1. The van der Waals surface area contributed by atoms with Crippen molar-refractivity contribution in [1.82, 2.24) is 5.32 Å². The van der Waals surface area contributed by atoms with Gasteiger partial charge in [0.05, 0.1) is 5.02 Å². The molecule has 0 spiro atoms. The number of hydrogen-bond acceptors (Lipinski definition) is 4. The molecule has 4 nitrogen and oxygen atoms in total. The van der Waals surface area contributed by atoms with Gasteiger partial charge in [0.1, 0.15) is 12.3 Å². The zero-order valence-corrected chi connectivity index (χ0v) is 11.3. The molecule has 1 atom stereocenters. The fourth-order valence-electron chi connectivity index (χ4n) is 2.26. The number of alkyl halides is 1. The van der Waals surface area contributed by atoms with E-state index < -0.39 is 5.56 Å². The SMILES string of the molecule is Clc1ccc2c(c1N1CCNCC1)OCC(Cl)O2. The highest BCUT2D eigenvalue weighted by Gasteiger charge is 2.27. The van der Waals surface area contributed by atoms with Crippen LogP contribution < -0.4 is 19.7 Å². The number of piperazine rings is 1. The maximum absolute atomic E-state index is 6.30. The van der Waals surface area contributed by atoms with Crippen LogP contribution in [-0.2, 0) is 0 Å². The fourth-order valence-corrected chi connectivity index (χ4v) is 2.69. The van der Waals surface area contributed by atoms with Crippen molar-refractivity contribution in [2.75, 3.05) is 37.7 Å². The van der Waals surface area contributed by atoms with Crippen LogP contribution in [0.4, 0.5) is 5.69 Å². The maximum atomic E-state index is 6.30. The predicted octanol–water partition coefficient (Wildman–Crippen LogP) is 2.09. The van der Waals surface area contributed by atoms with Gasteiger partial charge in [-0.25, -0.2) is 0 Å². The van der Waals surface area contributed by atoms with E-state index in [0.29, 0.717) is 23.1 Å². The minimum absolute atomic E-state index is 0.341. The summed E-state index contributed by atoms with van der Waals surface area (Å²) in [5, 5.41) is 4.00. The van der Waals surface area contributed by atoms with Crippen molar-refractivity contribution in [3.63, 3.8) is 0 Å². The van der Waals surface area contributed by atoms with Gasteiger partial charge in [0, 0.05) is 26.2 Å². The summed E-state index contributed by atoms with van der Waals surface area (Å²) in [7, 11) is 0. The van der Waals surface area contributed by atoms with Gasteiger partial charge in [0.15, 0.2) is 11.5 Å². The lowest BCUT2D eigenvalue weighted by atomic mass is 10.2. The topological polar surface area (TPSA) is 33.7 Å².